The molecule has 0 saturated carbocycles. The first-order chi connectivity index (χ1) is 12.6. The van der Waals surface area contributed by atoms with E-state index < -0.39 is 18.0 Å². The lowest BCUT2D eigenvalue weighted by Gasteiger charge is -2.15. The summed E-state index contributed by atoms with van der Waals surface area (Å²) in [7, 11) is 0. The van der Waals surface area contributed by atoms with Gasteiger partial charge in [0.1, 0.15) is 5.75 Å². The SMILES string of the molecule is CCOc1ccccc1NC(=O)C(C)OC(=O)CCNc1ncccn1. The third-order valence-electron chi connectivity index (χ3n) is 3.30. The number of hydrogen-bond acceptors (Lipinski definition) is 7. The zero-order chi connectivity index (χ0) is 18.8. The van der Waals surface area contributed by atoms with Crippen molar-refractivity contribution in [1.29, 1.82) is 0 Å². The number of rotatable bonds is 9. The summed E-state index contributed by atoms with van der Waals surface area (Å²) in [6, 6.07) is 8.78. The molecule has 0 bridgehead atoms. The second-order valence-electron chi connectivity index (χ2n) is 5.30. The van der Waals surface area contributed by atoms with Gasteiger partial charge in [0.25, 0.3) is 5.91 Å². The Kier molecular flexibility index (Phi) is 7.35. The van der Waals surface area contributed by atoms with Crippen molar-refractivity contribution in [3.05, 3.63) is 42.7 Å². The van der Waals surface area contributed by atoms with Gasteiger partial charge in [0.05, 0.1) is 18.7 Å². The number of carbonyl (C=O) groups is 2. The van der Waals surface area contributed by atoms with Crippen molar-refractivity contribution in [3.63, 3.8) is 0 Å². The maximum atomic E-state index is 12.2. The van der Waals surface area contributed by atoms with Crippen LogP contribution in [0.3, 0.4) is 0 Å². The van der Waals surface area contributed by atoms with Crippen LogP contribution < -0.4 is 15.4 Å². The third-order valence-corrected chi connectivity index (χ3v) is 3.30. The van der Waals surface area contributed by atoms with Crippen LogP contribution in [-0.4, -0.2) is 41.1 Å². The fraction of sp³-hybridized carbons (Fsp3) is 0.333. The number of amides is 1. The maximum absolute atomic E-state index is 12.2. The molecule has 2 rings (SSSR count). The zero-order valence-corrected chi connectivity index (χ0v) is 14.8. The topological polar surface area (TPSA) is 102 Å². The summed E-state index contributed by atoms with van der Waals surface area (Å²) < 4.78 is 10.6. The molecule has 8 heteroatoms. The van der Waals surface area contributed by atoms with E-state index in [4.69, 9.17) is 9.47 Å². The van der Waals surface area contributed by atoms with Gasteiger partial charge >= 0.3 is 5.97 Å². The van der Waals surface area contributed by atoms with Gasteiger partial charge < -0.3 is 20.1 Å². The average Bonchev–Trinajstić information content (AvgIpc) is 2.64. The molecule has 1 aromatic heterocycles. The second-order valence-corrected chi connectivity index (χ2v) is 5.30. The van der Waals surface area contributed by atoms with Gasteiger partial charge in [-0.3, -0.25) is 9.59 Å². The maximum Gasteiger partial charge on any atom is 0.308 e. The van der Waals surface area contributed by atoms with Gasteiger partial charge in [0.15, 0.2) is 6.10 Å². The Morgan fingerprint density at radius 2 is 1.88 bits per heavy atom. The van der Waals surface area contributed by atoms with Gasteiger partial charge in [-0.15, -0.1) is 0 Å². The number of anilines is 2. The Morgan fingerprint density at radius 1 is 1.15 bits per heavy atom. The van der Waals surface area contributed by atoms with Gasteiger partial charge in [-0.1, -0.05) is 12.1 Å². The predicted octanol–water partition coefficient (Wildman–Crippen LogP) is 2.25. The Hall–Kier alpha value is -3.16. The molecular formula is C18H22N4O4. The van der Waals surface area contributed by atoms with Crippen molar-refractivity contribution < 1.29 is 19.1 Å². The second kappa shape index (κ2) is 9.97. The van der Waals surface area contributed by atoms with Crippen LogP contribution in [0.15, 0.2) is 42.7 Å². The molecule has 0 aliphatic rings. The van der Waals surface area contributed by atoms with E-state index in [1.165, 1.54) is 6.92 Å². The molecule has 0 saturated heterocycles. The van der Waals surface area contributed by atoms with Gasteiger partial charge in [-0.25, -0.2) is 9.97 Å². The molecular weight excluding hydrogens is 336 g/mol. The number of para-hydroxylation sites is 2. The van der Waals surface area contributed by atoms with Gasteiger partial charge in [0, 0.05) is 18.9 Å². The molecule has 0 aliphatic carbocycles. The lowest BCUT2D eigenvalue weighted by atomic mass is 10.2. The molecule has 0 radical (unpaired) electrons. The number of hydrogen-bond donors (Lipinski definition) is 2. The largest absolute Gasteiger partial charge is 0.492 e. The fourth-order valence-electron chi connectivity index (χ4n) is 2.06. The number of nitrogens with one attached hydrogen (secondary N) is 2. The standard InChI is InChI=1S/C18H22N4O4/c1-3-25-15-8-5-4-7-14(15)22-17(24)13(2)26-16(23)9-12-21-18-19-10-6-11-20-18/h4-8,10-11,13H,3,9,12H2,1-2H3,(H,22,24)(H,19,20,21). The van der Waals surface area contributed by atoms with Crippen LogP contribution in [-0.2, 0) is 14.3 Å². The predicted molar refractivity (Wildman–Crippen MR) is 96.9 cm³/mol. The van der Waals surface area contributed by atoms with Crippen LogP contribution in [0.4, 0.5) is 11.6 Å². The molecule has 1 heterocycles. The highest BCUT2D eigenvalue weighted by molar-refractivity contribution is 5.96. The van der Waals surface area contributed by atoms with Crippen molar-refractivity contribution in [2.24, 2.45) is 0 Å². The van der Waals surface area contributed by atoms with E-state index in [9.17, 15) is 9.59 Å². The van der Waals surface area contributed by atoms with Gasteiger partial charge in [-0.2, -0.15) is 0 Å². The number of aromatic nitrogens is 2. The molecule has 8 nitrogen and oxygen atoms in total. The Morgan fingerprint density at radius 3 is 2.62 bits per heavy atom. The molecule has 1 amide bonds. The highest BCUT2D eigenvalue weighted by atomic mass is 16.5. The van der Waals surface area contributed by atoms with Crippen molar-refractivity contribution in [2.45, 2.75) is 26.4 Å². The molecule has 0 aliphatic heterocycles. The average molecular weight is 358 g/mol. The quantitative estimate of drug-likeness (QED) is 0.663. The first kappa shape index (κ1) is 19.2. The molecule has 2 N–H and O–H groups in total. The van der Waals surface area contributed by atoms with E-state index in [0.717, 1.165) is 0 Å². The summed E-state index contributed by atoms with van der Waals surface area (Å²) in [6.45, 7) is 4.17. The van der Waals surface area contributed by atoms with Crippen LogP contribution in [0.2, 0.25) is 0 Å². The smallest absolute Gasteiger partial charge is 0.308 e. The molecule has 2 aromatic rings. The van der Waals surface area contributed by atoms with E-state index >= 15 is 0 Å². The lowest BCUT2D eigenvalue weighted by molar-refractivity contribution is -0.152. The summed E-state index contributed by atoms with van der Waals surface area (Å²) in [6.07, 6.45) is 2.36. The Bertz CT molecular complexity index is 724. The molecule has 1 aromatic carbocycles. The minimum absolute atomic E-state index is 0.0887. The molecule has 1 unspecified atom stereocenters. The van der Waals surface area contributed by atoms with E-state index in [1.54, 1.807) is 36.7 Å². The van der Waals surface area contributed by atoms with Crippen molar-refractivity contribution in [2.75, 3.05) is 23.8 Å². The number of ether oxygens (including phenoxy) is 2. The molecule has 26 heavy (non-hydrogen) atoms. The van der Waals surface area contributed by atoms with Crippen LogP contribution >= 0.6 is 0 Å². The summed E-state index contributed by atoms with van der Waals surface area (Å²) in [4.78, 5) is 32.1. The molecule has 0 fully saturated rings. The summed E-state index contributed by atoms with van der Waals surface area (Å²) in [5.41, 5.74) is 0.533. The van der Waals surface area contributed by atoms with Gasteiger partial charge in [0.2, 0.25) is 5.95 Å². The number of nitrogens with zero attached hydrogens (tertiary/aromatic N) is 2. The molecule has 1 atom stereocenters. The van der Waals surface area contributed by atoms with E-state index in [2.05, 4.69) is 20.6 Å². The van der Waals surface area contributed by atoms with Crippen LogP contribution in [0, 0.1) is 0 Å². The van der Waals surface area contributed by atoms with Crippen LogP contribution in [0.25, 0.3) is 0 Å². The third kappa shape index (κ3) is 6.04. The minimum atomic E-state index is -0.926. The molecule has 138 valence electrons. The van der Waals surface area contributed by atoms with Crippen molar-refractivity contribution in [3.8, 4) is 5.75 Å². The first-order valence-electron chi connectivity index (χ1n) is 8.33. The minimum Gasteiger partial charge on any atom is -0.492 e. The van der Waals surface area contributed by atoms with E-state index in [-0.39, 0.29) is 6.42 Å². The summed E-state index contributed by atoms with van der Waals surface area (Å²) in [5, 5.41) is 5.60. The zero-order valence-electron chi connectivity index (χ0n) is 14.8. The van der Waals surface area contributed by atoms with Crippen molar-refractivity contribution >= 4 is 23.5 Å². The monoisotopic (exact) mass is 358 g/mol. The van der Waals surface area contributed by atoms with E-state index in [1.807, 2.05) is 13.0 Å². The van der Waals surface area contributed by atoms with Crippen LogP contribution in [0.5, 0.6) is 5.75 Å². The van der Waals surface area contributed by atoms with Gasteiger partial charge in [-0.05, 0) is 32.0 Å². The van der Waals surface area contributed by atoms with E-state index in [0.29, 0.717) is 30.5 Å². The number of esters is 1. The summed E-state index contributed by atoms with van der Waals surface area (Å²) >= 11 is 0. The molecule has 0 spiro atoms. The number of benzene rings is 1. The highest BCUT2D eigenvalue weighted by Gasteiger charge is 2.19. The van der Waals surface area contributed by atoms with Crippen LogP contribution in [0.1, 0.15) is 20.3 Å². The lowest BCUT2D eigenvalue weighted by Crippen LogP contribution is -2.30. The Balaban J connectivity index is 1.78. The fourth-order valence-corrected chi connectivity index (χ4v) is 2.06. The number of carbonyl (C=O) groups excluding carboxylic acids is 2. The Labute approximate surface area is 151 Å². The summed E-state index contributed by atoms with van der Waals surface area (Å²) in [5.74, 6) is 0.0755. The van der Waals surface area contributed by atoms with Crippen molar-refractivity contribution in [1.82, 2.24) is 9.97 Å². The normalized spacial score (nSPS) is 11.3. The first-order valence-corrected chi connectivity index (χ1v) is 8.33. The highest BCUT2D eigenvalue weighted by Crippen LogP contribution is 2.23.